The fourth-order valence-electron chi connectivity index (χ4n) is 3.24. The molecule has 0 aliphatic carbocycles. The van der Waals surface area contributed by atoms with Gasteiger partial charge in [-0.15, -0.1) is 0 Å². The van der Waals surface area contributed by atoms with Crippen molar-refractivity contribution in [1.82, 2.24) is 15.1 Å². The molecular weight excluding hydrogens is 242 g/mol. The van der Waals surface area contributed by atoms with E-state index in [1.54, 1.807) is 7.11 Å². The van der Waals surface area contributed by atoms with Gasteiger partial charge in [-0.25, -0.2) is 0 Å². The molecule has 19 heavy (non-hydrogen) atoms. The Morgan fingerprint density at radius 3 is 2.68 bits per heavy atom. The van der Waals surface area contributed by atoms with Gasteiger partial charge >= 0.3 is 0 Å². The standard InChI is InChI=1S/C14H29N3O2/c1-19-12-13-3-2-6-17(9-13)11-14(18)10-16-7-4-15-5-8-16/h13-15,18H,2-12H2,1H3. The molecule has 2 heterocycles. The fourth-order valence-corrected chi connectivity index (χ4v) is 3.24. The molecule has 0 amide bonds. The third kappa shape index (κ3) is 5.36. The van der Waals surface area contributed by atoms with Gasteiger partial charge in [-0.1, -0.05) is 0 Å². The van der Waals surface area contributed by atoms with Crippen LogP contribution < -0.4 is 5.32 Å². The van der Waals surface area contributed by atoms with Crippen molar-refractivity contribution in [2.75, 3.05) is 66.1 Å². The lowest BCUT2D eigenvalue weighted by atomic mass is 9.98. The Morgan fingerprint density at radius 2 is 1.95 bits per heavy atom. The van der Waals surface area contributed by atoms with Crippen molar-refractivity contribution in [3.8, 4) is 0 Å². The average molecular weight is 271 g/mol. The van der Waals surface area contributed by atoms with Crippen LogP contribution >= 0.6 is 0 Å². The summed E-state index contributed by atoms with van der Waals surface area (Å²) < 4.78 is 5.25. The largest absolute Gasteiger partial charge is 0.390 e. The maximum Gasteiger partial charge on any atom is 0.0793 e. The van der Waals surface area contributed by atoms with Crippen LogP contribution in [0.25, 0.3) is 0 Å². The molecule has 0 aromatic rings. The van der Waals surface area contributed by atoms with Crippen LogP contribution in [0.2, 0.25) is 0 Å². The minimum absolute atomic E-state index is 0.223. The molecule has 0 saturated carbocycles. The SMILES string of the molecule is COCC1CCCN(CC(O)CN2CCNCC2)C1. The van der Waals surface area contributed by atoms with Crippen molar-refractivity contribution >= 4 is 0 Å². The first-order valence-corrected chi connectivity index (χ1v) is 7.60. The van der Waals surface area contributed by atoms with Gasteiger partial charge < -0.3 is 20.1 Å². The van der Waals surface area contributed by atoms with Gasteiger partial charge in [0.15, 0.2) is 0 Å². The molecule has 2 aliphatic heterocycles. The van der Waals surface area contributed by atoms with E-state index in [9.17, 15) is 5.11 Å². The Morgan fingerprint density at radius 1 is 1.21 bits per heavy atom. The van der Waals surface area contributed by atoms with E-state index in [0.717, 1.165) is 59.0 Å². The van der Waals surface area contributed by atoms with Crippen LogP contribution in [0.3, 0.4) is 0 Å². The third-order valence-electron chi connectivity index (χ3n) is 4.15. The van der Waals surface area contributed by atoms with Crippen molar-refractivity contribution in [1.29, 1.82) is 0 Å². The van der Waals surface area contributed by atoms with E-state index in [1.165, 1.54) is 12.8 Å². The van der Waals surface area contributed by atoms with Gasteiger partial charge in [0.1, 0.15) is 0 Å². The molecule has 2 N–H and O–H groups in total. The molecule has 0 radical (unpaired) electrons. The number of aliphatic hydroxyl groups is 1. The molecule has 0 spiro atoms. The molecular formula is C14H29N3O2. The second-order valence-corrected chi connectivity index (χ2v) is 5.93. The summed E-state index contributed by atoms with van der Waals surface area (Å²) in [6.45, 7) is 8.89. The van der Waals surface area contributed by atoms with Crippen molar-refractivity contribution in [2.24, 2.45) is 5.92 Å². The molecule has 2 fully saturated rings. The molecule has 5 nitrogen and oxygen atoms in total. The summed E-state index contributed by atoms with van der Waals surface area (Å²) in [6, 6.07) is 0. The maximum atomic E-state index is 10.2. The predicted octanol–water partition coefficient (Wildman–Crippen LogP) is -0.389. The number of piperazine rings is 1. The van der Waals surface area contributed by atoms with E-state index in [2.05, 4.69) is 15.1 Å². The summed E-state index contributed by atoms with van der Waals surface area (Å²) in [7, 11) is 1.78. The number of likely N-dealkylation sites (tertiary alicyclic amines) is 1. The van der Waals surface area contributed by atoms with Crippen LogP contribution in [0, 0.1) is 5.92 Å². The van der Waals surface area contributed by atoms with Gasteiger partial charge in [-0.3, -0.25) is 4.90 Å². The summed E-state index contributed by atoms with van der Waals surface area (Å²) in [5.74, 6) is 0.644. The van der Waals surface area contributed by atoms with Crippen LogP contribution in [0.5, 0.6) is 0 Å². The van der Waals surface area contributed by atoms with E-state index >= 15 is 0 Å². The zero-order valence-electron chi connectivity index (χ0n) is 12.2. The molecule has 2 atom stereocenters. The normalized spacial score (nSPS) is 28.4. The lowest BCUT2D eigenvalue weighted by molar-refractivity contribution is 0.0388. The van der Waals surface area contributed by atoms with Crippen LogP contribution in [0.4, 0.5) is 0 Å². The quantitative estimate of drug-likeness (QED) is 0.689. The van der Waals surface area contributed by atoms with Gasteiger partial charge in [0.2, 0.25) is 0 Å². The number of piperidine rings is 1. The van der Waals surface area contributed by atoms with Crippen molar-refractivity contribution in [3.05, 3.63) is 0 Å². The highest BCUT2D eigenvalue weighted by molar-refractivity contribution is 4.77. The van der Waals surface area contributed by atoms with Gasteiger partial charge in [0.05, 0.1) is 12.7 Å². The Kier molecular flexibility index (Phi) is 6.53. The second kappa shape index (κ2) is 8.17. The molecule has 0 bridgehead atoms. The second-order valence-electron chi connectivity index (χ2n) is 5.93. The first-order chi connectivity index (χ1) is 9.28. The molecule has 5 heteroatoms. The van der Waals surface area contributed by atoms with Crippen LogP contribution in [0.15, 0.2) is 0 Å². The monoisotopic (exact) mass is 271 g/mol. The number of hydrogen-bond acceptors (Lipinski definition) is 5. The van der Waals surface area contributed by atoms with E-state index < -0.39 is 0 Å². The number of nitrogens with zero attached hydrogens (tertiary/aromatic N) is 2. The number of hydrogen-bond donors (Lipinski definition) is 2. The Hall–Kier alpha value is -0.200. The highest BCUT2D eigenvalue weighted by Gasteiger charge is 2.22. The summed E-state index contributed by atoms with van der Waals surface area (Å²) in [6.07, 6.45) is 2.27. The van der Waals surface area contributed by atoms with E-state index in [4.69, 9.17) is 4.74 Å². The minimum Gasteiger partial charge on any atom is -0.390 e. The summed E-state index contributed by atoms with van der Waals surface area (Å²) >= 11 is 0. The molecule has 0 aromatic carbocycles. The Bertz CT molecular complexity index is 245. The number of nitrogens with one attached hydrogen (secondary N) is 1. The molecule has 2 unspecified atom stereocenters. The first kappa shape index (κ1) is 15.2. The number of methoxy groups -OCH3 is 1. The first-order valence-electron chi connectivity index (χ1n) is 7.60. The van der Waals surface area contributed by atoms with Crippen LogP contribution in [-0.4, -0.2) is 87.1 Å². The van der Waals surface area contributed by atoms with E-state index in [1.807, 2.05) is 0 Å². The molecule has 0 aromatic heterocycles. The number of rotatable bonds is 6. The van der Waals surface area contributed by atoms with Crippen molar-refractivity contribution in [2.45, 2.75) is 18.9 Å². The van der Waals surface area contributed by atoms with E-state index in [-0.39, 0.29) is 6.10 Å². The lowest BCUT2D eigenvalue weighted by Gasteiger charge is -2.35. The Balaban J connectivity index is 1.67. The summed E-state index contributed by atoms with van der Waals surface area (Å²) in [4.78, 5) is 4.76. The third-order valence-corrected chi connectivity index (χ3v) is 4.15. The van der Waals surface area contributed by atoms with Crippen LogP contribution in [-0.2, 0) is 4.74 Å². The average Bonchev–Trinajstić information content (AvgIpc) is 2.40. The predicted molar refractivity (Wildman–Crippen MR) is 76.4 cm³/mol. The van der Waals surface area contributed by atoms with Crippen molar-refractivity contribution in [3.63, 3.8) is 0 Å². The Labute approximate surface area is 116 Å². The van der Waals surface area contributed by atoms with Crippen LogP contribution in [0.1, 0.15) is 12.8 Å². The highest BCUT2D eigenvalue weighted by atomic mass is 16.5. The smallest absolute Gasteiger partial charge is 0.0793 e. The molecule has 112 valence electrons. The van der Waals surface area contributed by atoms with Gasteiger partial charge in [-0.05, 0) is 25.3 Å². The maximum absolute atomic E-state index is 10.2. The number of β-amino-alcohol motifs (C(OH)–C–C–N with tert-alkyl or cyclic N) is 1. The number of ether oxygens (including phenoxy) is 1. The summed E-state index contributed by atoms with van der Waals surface area (Å²) in [5.41, 5.74) is 0. The highest BCUT2D eigenvalue weighted by Crippen LogP contribution is 2.16. The minimum atomic E-state index is -0.223. The van der Waals surface area contributed by atoms with E-state index in [0.29, 0.717) is 5.92 Å². The van der Waals surface area contributed by atoms with Gasteiger partial charge in [-0.2, -0.15) is 0 Å². The fraction of sp³-hybridized carbons (Fsp3) is 1.00. The lowest BCUT2D eigenvalue weighted by Crippen LogP contribution is -2.49. The van der Waals surface area contributed by atoms with Gasteiger partial charge in [0.25, 0.3) is 0 Å². The topological polar surface area (TPSA) is 48.0 Å². The van der Waals surface area contributed by atoms with Crippen molar-refractivity contribution < 1.29 is 9.84 Å². The zero-order valence-corrected chi connectivity index (χ0v) is 12.2. The zero-order chi connectivity index (χ0) is 13.5. The van der Waals surface area contributed by atoms with Gasteiger partial charge in [0, 0.05) is 52.9 Å². The number of aliphatic hydroxyl groups excluding tert-OH is 1. The molecule has 2 saturated heterocycles. The summed E-state index contributed by atoms with van der Waals surface area (Å²) in [5, 5.41) is 13.6. The molecule has 2 aliphatic rings. The molecule has 2 rings (SSSR count).